The lowest BCUT2D eigenvalue weighted by Gasteiger charge is -2.07. The van der Waals surface area contributed by atoms with E-state index in [9.17, 15) is 0 Å². The molecule has 0 spiro atoms. The summed E-state index contributed by atoms with van der Waals surface area (Å²) in [5.74, 6) is 0. The monoisotopic (exact) mass is 284 g/mol. The van der Waals surface area contributed by atoms with Gasteiger partial charge in [-0.25, -0.2) is 0 Å². The van der Waals surface area contributed by atoms with E-state index in [0.29, 0.717) is 0 Å². The summed E-state index contributed by atoms with van der Waals surface area (Å²) in [4.78, 5) is 0. The first-order chi connectivity index (χ1) is 10.3. The van der Waals surface area contributed by atoms with Gasteiger partial charge in [0.2, 0.25) is 0 Å². The zero-order valence-corrected chi connectivity index (χ0v) is 13.7. The summed E-state index contributed by atoms with van der Waals surface area (Å²) in [5.41, 5.74) is 4.05. The Morgan fingerprint density at radius 3 is 2.19 bits per heavy atom. The Labute approximate surface area is 129 Å². The Morgan fingerprint density at radius 2 is 1.48 bits per heavy atom. The van der Waals surface area contributed by atoms with Gasteiger partial charge < -0.3 is 0 Å². The van der Waals surface area contributed by atoms with Crippen LogP contribution in [-0.2, 0) is 13.1 Å². The number of pyridine rings is 2. The van der Waals surface area contributed by atoms with Crippen molar-refractivity contribution in [1.82, 2.24) is 0 Å². The lowest BCUT2D eigenvalue weighted by Crippen LogP contribution is -2.43. The highest BCUT2D eigenvalue weighted by molar-refractivity contribution is 5.51. The van der Waals surface area contributed by atoms with Crippen LogP contribution in [0, 0.1) is 6.92 Å². The minimum absolute atomic E-state index is 1.09. The molecule has 2 aromatic rings. The third-order valence-electron chi connectivity index (χ3n) is 3.96. The topological polar surface area (TPSA) is 7.76 Å². The Kier molecular flexibility index (Phi) is 5.91. The fraction of sp³-hybridized carbons (Fsp3) is 0.474. The van der Waals surface area contributed by atoms with Gasteiger partial charge in [0.05, 0.1) is 0 Å². The molecule has 2 rings (SSSR count). The van der Waals surface area contributed by atoms with Gasteiger partial charge in [-0.1, -0.05) is 26.7 Å². The van der Waals surface area contributed by atoms with Gasteiger partial charge in [0.1, 0.15) is 13.1 Å². The zero-order valence-electron chi connectivity index (χ0n) is 13.7. The Bertz CT molecular complexity index is 576. The third kappa shape index (κ3) is 3.90. The van der Waals surface area contributed by atoms with E-state index in [-0.39, 0.29) is 0 Å². The highest BCUT2D eigenvalue weighted by Gasteiger charge is 2.24. The van der Waals surface area contributed by atoms with E-state index < -0.39 is 0 Å². The van der Waals surface area contributed by atoms with Gasteiger partial charge >= 0.3 is 0 Å². The molecule has 0 aliphatic carbocycles. The fourth-order valence-corrected chi connectivity index (χ4v) is 2.75. The molecule has 0 amide bonds. The normalized spacial score (nSPS) is 10.8. The van der Waals surface area contributed by atoms with Gasteiger partial charge in [0.25, 0.3) is 11.4 Å². The molecule has 2 nitrogen and oxygen atoms in total. The van der Waals surface area contributed by atoms with Crippen LogP contribution in [0.15, 0.2) is 42.7 Å². The largest absolute Gasteiger partial charge is 0.280 e. The first-order valence-corrected chi connectivity index (χ1v) is 8.25. The van der Waals surface area contributed by atoms with Gasteiger partial charge in [0, 0.05) is 36.6 Å². The number of rotatable bonds is 7. The Hall–Kier alpha value is -1.70. The van der Waals surface area contributed by atoms with Crippen molar-refractivity contribution >= 4 is 0 Å². The summed E-state index contributed by atoms with van der Waals surface area (Å²) >= 11 is 0. The molecule has 0 N–H and O–H groups in total. The standard InChI is InChI=1S/C19H28N2/c1-4-6-13-20-15-9-8-12-18(20)19-17(3)11-10-16-21(19)14-7-5-2/h8-12,15-16H,4-7,13-14H2,1-3H3/q+2. The molecular weight excluding hydrogens is 256 g/mol. The molecule has 0 aliphatic rings. The number of hydrogen-bond donors (Lipinski definition) is 0. The van der Waals surface area contributed by atoms with Crippen molar-refractivity contribution in [2.75, 3.05) is 0 Å². The van der Waals surface area contributed by atoms with Crippen molar-refractivity contribution in [1.29, 1.82) is 0 Å². The highest BCUT2D eigenvalue weighted by Crippen LogP contribution is 2.16. The summed E-state index contributed by atoms with van der Waals surface area (Å²) in [7, 11) is 0. The van der Waals surface area contributed by atoms with E-state index in [1.807, 2.05) is 0 Å². The molecular formula is C19H28N2+2. The van der Waals surface area contributed by atoms with Crippen molar-refractivity contribution in [3.63, 3.8) is 0 Å². The summed E-state index contributed by atoms with van der Waals surface area (Å²) in [6.07, 6.45) is 9.33. The average Bonchev–Trinajstić information content (AvgIpc) is 2.51. The van der Waals surface area contributed by atoms with Crippen LogP contribution in [-0.4, -0.2) is 0 Å². The van der Waals surface area contributed by atoms with Gasteiger partial charge in [-0.15, -0.1) is 0 Å². The quantitative estimate of drug-likeness (QED) is 0.683. The van der Waals surface area contributed by atoms with Crippen LogP contribution in [0.2, 0.25) is 0 Å². The molecule has 0 unspecified atom stereocenters. The predicted octanol–water partition coefficient (Wildman–Crippen LogP) is 3.84. The van der Waals surface area contributed by atoms with Crippen molar-refractivity contribution in [3.05, 3.63) is 48.3 Å². The van der Waals surface area contributed by atoms with Crippen molar-refractivity contribution in [3.8, 4) is 11.4 Å². The van der Waals surface area contributed by atoms with Crippen LogP contribution in [0.1, 0.15) is 45.1 Å². The van der Waals surface area contributed by atoms with E-state index >= 15 is 0 Å². The molecule has 2 heteroatoms. The van der Waals surface area contributed by atoms with Gasteiger partial charge in [-0.3, -0.25) is 0 Å². The predicted molar refractivity (Wildman–Crippen MR) is 86.8 cm³/mol. The molecule has 0 fully saturated rings. The Morgan fingerprint density at radius 1 is 0.810 bits per heavy atom. The van der Waals surface area contributed by atoms with Crippen LogP contribution < -0.4 is 9.13 Å². The SMILES string of the molecule is CCCC[n+]1ccccc1-c1c(C)ccc[n+]1CCCC. The average molecular weight is 284 g/mol. The number of aromatic nitrogens is 2. The molecule has 0 radical (unpaired) electrons. The molecule has 21 heavy (non-hydrogen) atoms. The lowest BCUT2D eigenvalue weighted by molar-refractivity contribution is -0.715. The van der Waals surface area contributed by atoms with Crippen molar-refractivity contribution in [2.24, 2.45) is 0 Å². The van der Waals surface area contributed by atoms with Crippen LogP contribution >= 0.6 is 0 Å². The van der Waals surface area contributed by atoms with Gasteiger partial charge in [-0.05, 0) is 19.1 Å². The molecule has 2 heterocycles. The Balaban J connectivity index is 2.45. The van der Waals surface area contributed by atoms with E-state index in [4.69, 9.17) is 0 Å². The number of unbranched alkanes of at least 4 members (excludes halogenated alkanes) is 2. The lowest BCUT2D eigenvalue weighted by atomic mass is 10.1. The van der Waals surface area contributed by atoms with E-state index in [2.05, 4.69) is 72.6 Å². The maximum absolute atomic E-state index is 2.41. The first-order valence-electron chi connectivity index (χ1n) is 8.25. The highest BCUT2D eigenvalue weighted by atomic mass is 15.0. The van der Waals surface area contributed by atoms with Crippen molar-refractivity contribution < 1.29 is 9.13 Å². The van der Waals surface area contributed by atoms with E-state index in [1.165, 1.54) is 42.6 Å². The number of nitrogens with zero attached hydrogens (tertiary/aromatic N) is 2. The van der Waals surface area contributed by atoms with E-state index in [1.54, 1.807) is 0 Å². The van der Waals surface area contributed by atoms with Gasteiger partial charge in [0.15, 0.2) is 12.4 Å². The molecule has 0 saturated heterocycles. The maximum atomic E-state index is 2.41. The molecule has 2 aromatic heterocycles. The van der Waals surface area contributed by atoms with E-state index in [0.717, 1.165) is 13.1 Å². The summed E-state index contributed by atoms with van der Waals surface area (Å²) in [6, 6.07) is 10.9. The first kappa shape index (κ1) is 15.7. The summed E-state index contributed by atoms with van der Waals surface area (Å²) < 4.78 is 4.81. The van der Waals surface area contributed by atoms with Gasteiger partial charge in [-0.2, -0.15) is 9.13 Å². The fourth-order valence-electron chi connectivity index (χ4n) is 2.75. The van der Waals surface area contributed by atoms with Crippen LogP contribution in [0.3, 0.4) is 0 Å². The molecule has 0 bridgehead atoms. The number of aryl methyl sites for hydroxylation is 3. The smallest absolute Gasteiger partial charge is 0.193 e. The second kappa shape index (κ2) is 7.92. The molecule has 0 saturated carbocycles. The summed E-state index contributed by atoms with van der Waals surface area (Å²) in [5, 5.41) is 0. The molecule has 0 atom stereocenters. The maximum Gasteiger partial charge on any atom is 0.280 e. The minimum Gasteiger partial charge on any atom is -0.193 e. The second-order valence-electron chi connectivity index (χ2n) is 5.72. The number of hydrogen-bond acceptors (Lipinski definition) is 0. The van der Waals surface area contributed by atoms with Crippen LogP contribution in [0.25, 0.3) is 11.4 Å². The molecule has 112 valence electrons. The second-order valence-corrected chi connectivity index (χ2v) is 5.72. The van der Waals surface area contributed by atoms with Crippen molar-refractivity contribution in [2.45, 2.75) is 59.5 Å². The summed E-state index contributed by atoms with van der Waals surface area (Å²) in [6.45, 7) is 8.90. The minimum atomic E-state index is 1.09. The van der Waals surface area contributed by atoms with Crippen LogP contribution in [0.5, 0.6) is 0 Å². The molecule has 0 aliphatic heterocycles. The zero-order chi connectivity index (χ0) is 15.1. The molecule has 0 aromatic carbocycles. The van der Waals surface area contributed by atoms with Crippen LogP contribution in [0.4, 0.5) is 0 Å². The third-order valence-corrected chi connectivity index (χ3v) is 3.96.